The number of aryl methyl sites for hydroxylation is 1. The van der Waals surface area contributed by atoms with Gasteiger partial charge in [0, 0.05) is 22.4 Å². The second-order valence-corrected chi connectivity index (χ2v) is 4.42. The normalized spacial score (nSPS) is 11.4. The fourth-order valence-electron chi connectivity index (χ4n) is 2.10. The Balaban J connectivity index is 2.84. The number of alkyl halides is 3. The maximum absolute atomic E-state index is 13.1. The topological polar surface area (TPSA) is 43.1 Å². The van der Waals surface area contributed by atoms with Gasteiger partial charge in [-0.15, -0.1) is 0 Å². The fourth-order valence-corrected chi connectivity index (χ4v) is 2.10. The number of hydrogen-bond donors (Lipinski definition) is 1. The maximum Gasteiger partial charge on any atom is 0.417 e. The second kappa shape index (κ2) is 5.00. The van der Waals surface area contributed by atoms with E-state index >= 15 is 0 Å². The molecule has 0 atom stereocenters. The average molecular weight is 279 g/mol. The van der Waals surface area contributed by atoms with Crippen molar-refractivity contribution < 1.29 is 18.0 Å². The zero-order chi connectivity index (χ0) is 14.9. The summed E-state index contributed by atoms with van der Waals surface area (Å²) in [4.78, 5) is 11.1. The Bertz CT molecular complexity index is 663. The van der Waals surface area contributed by atoms with Gasteiger partial charge < -0.3 is 5.73 Å². The first-order chi connectivity index (χ1) is 9.36. The smallest absolute Gasteiger partial charge is 0.398 e. The van der Waals surface area contributed by atoms with Gasteiger partial charge in [-0.25, -0.2) is 0 Å². The molecular weight excluding hydrogens is 267 g/mol. The molecule has 2 rings (SSSR count). The average Bonchev–Trinajstić information content (AvgIpc) is 2.40. The molecule has 2 nitrogen and oxygen atoms in total. The highest BCUT2D eigenvalue weighted by atomic mass is 19.4. The number of aldehydes is 1. The minimum Gasteiger partial charge on any atom is -0.398 e. The van der Waals surface area contributed by atoms with Crippen LogP contribution in [-0.4, -0.2) is 6.29 Å². The largest absolute Gasteiger partial charge is 0.417 e. The summed E-state index contributed by atoms with van der Waals surface area (Å²) in [5, 5.41) is 0. The summed E-state index contributed by atoms with van der Waals surface area (Å²) in [6, 6.07) is 8.31. The summed E-state index contributed by atoms with van der Waals surface area (Å²) in [7, 11) is 0. The molecule has 0 aliphatic heterocycles. The van der Waals surface area contributed by atoms with Crippen molar-refractivity contribution in [1.29, 1.82) is 0 Å². The van der Waals surface area contributed by atoms with Gasteiger partial charge in [0.2, 0.25) is 0 Å². The monoisotopic (exact) mass is 279 g/mol. The lowest BCUT2D eigenvalue weighted by Gasteiger charge is -2.17. The molecule has 104 valence electrons. The van der Waals surface area contributed by atoms with Crippen LogP contribution in [0.2, 0.25) is 0 Å². The number of para-hydroxylation sites is 1. The van der Waals surface area contributed by atoms with E-state index in [9.17, 15) is 18.0 Å². The third kappa shape index (κ3) is 2.39. The summed E-state index contributed by atoms with van der Waals surface area (Å²) >= 11 is 0. The maximum atomic E-state index is 13.1. The van der Waals surface area contributed by atoms with E-state index in [0.717, 1.165) is 6.07 Å². The fraction of sp³-hybridized carbons (Fsp3) is 0.133. The predicted molar refractivity (Wildman–Crippen MR) is 71.4 cm³/mol. The van der Waals surface area contributed by atoms with Crippen LogP contribution in [0.5, 0.6) is 0 Å². The van der Waals surface area contributed by atoms with E-state index in [1.165, 1.54) is 18.2 Å². The molecule has 0 radical (unpaired) electrons. The number of nitrogens with two attached hydrogens (primary N) is 1. The molecule has 20 heavy (non-hydrogen) atoms. The van der Waals surface area contributed by atoms with Gasteiger partial charge in [-0.1, -0.05) is 30.3 Å². The lowest BCUT2D eigenvalue weighted by molar-refractivity contribution is -0.137. The first-order valence-electron chi connectivity index (χ1n) is 5.87. The van der Waals surface area contributed by atoms with Gasteiger partial charge in [0.05, 0.1) is 5.56 Å². The summed E-state index contributed by atoms with van der Waals surface area (Å²) < 4.78 is 39.4. The van der Waals surface area contributed by atoms with Gasteiger partial charge in [0.25, 0.3) is 0 Å². The van der Waals surface area contributed by atoms with Crippen molar-refractivity contribution in [3.63, 3.8) is 0 Å². The van der Waals surface area contributed by atoms with Crippen molar-refractivity contribution in [3.05, 3.63) is 53.1 Å². The highest BCUT2D eigenvalue weighted by Crippen LogP contribution is 2.41. The molecule has 0 amide bonds. The Morgan fingerprint density at radius 2 is 1.75 bits per heavy atom. The van der Waals surface area contributed by atoms with Gasteiger partial charge in [0.1, 0.15) is 0 Å². The van der Waals surface area contributed by atoms with Crippen molar-refractivity contribution in [2.75, 3.05) is 5.73 Å². The lowest BCUT2D eigenvalue weighted by Crippen LogP contribution is -2.10. The van der Waals surface area contributed by atoms with Crippen molar-refractivity contribution in [1.82, 2.24) is 0 Å². The first-order valence-corrected chi connectivity index (χ1v) is 5.87. The molecule has 0 fully saturated rings. The van der Waals surface area contributed by atoms with E-state index in [2.05, 4.69) is 0 Å². The van der Waals surface area contributed by atoms with E-state index in [1.807, 2.05) is 0 Å². The van der Waals surface area contributed by atoms with Gasteiger partial charge in [0.15, 0.2) is 6.29 Å². The summed E-state index contributed by atoms with van der Waals surface area (Å²) in [5.74, 6) is 0. The minimum atomic E-state index is -4.55. The number of halogens is 3. The third-order valence-electron chi connectivity index (χ3n) is 3.12. The van der Waals surface area contributed by atoms with E-state index in [4.69, 9.17) is 5.73 Å². The Labute approximate surface area is 114 Å². The van der Waals surface area contributed by atoms with E-state index in [-0.39, 0.29) is 22.4 Å². The molecule has 2 aromatic rings. The Kier molecular flexibility index (Phi) is 3.53. The van der Waals surface area contributed by atoms with Crippen LogP contribution >= 0.6 is 0 Å². The van der Waals surface area contributed by atoms with Crippen LogP contribution in [0, 0.1) is 6.92 Å². The molecule has 0 saturated carbocycles. The van der Waals surface area contributed by atoms with Gasteiger partial charge in [-0.2, -0.15) is 13.2 Å². The second-order valence-electron chi connectivity index (χ2n) is 4.42. The van der Waals surface area contributed by atoms with Crippen LogP contribution in [0.1, 0.15) is 21.5 Å². The number of benzene rings is 2. The van der Waals surface area contributed by atoms with Crippen molar-refractivity contribution in [3.8, 4) is 11.1 Å². The number of nitrogen functional groups attached to an aromatic ring is 1. The molecule has 0 heterocycles. The number of anilines is 1. The van der Waals surface area contributed by atoms with Crippen LogP contribution in [0.15, 0.2) is 36.4 Å². The zero-order valence-corrected chi connectivity index (χ0v) is 10.7. The highest BCUT2D eigenvalue weighted by molar-refractivity contribution is 5.93. The molecule has 0 aliphatic carbocycles. The zero-order valence-electron chi connectivity index (χ0n) is 10.7. The van der Waals surface area contributed by atoms with Gasteiger partial charge >= 0.3 is 6.18 Å². The standard InChI is InChI=1S/C15H12F3NO/c1-9-4-2-6-11(14(9)19)13-10(8-20)5-3-7-12(13)15(16,17)18/h2-8H,19H2,1H3. The van der Waals surface area contributed by atoms with Gasteiger partial charge in [-0.3, -0.25) is 4.79 Å². The van der Waals surface area contributed by atoms with Crippen LogP contribution in [0.4, 0.5) is 18.9 Å². The van der Waals surface area contributed by atoms with Gasteiger partial charge in [-0.05, 0) is 18.6 Å². The summed E-state index contributed by atoms with van der Waals surface area (Å²) in [5.41, 5.74) is 5.93. The lowest BCUT2D eigenvalue weighted by atomic mass is 9.92. The number of carbonyl (C=O) groups excluding carboxylic acids is 1. The van der Waals surface area contributed by atoms with Crippen LogP contribution in [0.25, 0.3) is 11.1 Å². The SMILES string of the molecule is Cc1cccc(-c2c(C=O)cccc2C(F)(F)F)c1N. The van der Waals surface area contributed by atoms with Crippen LogP contribution in [0.3, 0.4) is 0 Å². The molecule has 2 aromatic carbocycles. The van der Waals surface area contributed by atoms with Crippen LogP contribution < -0.4 is 5.73 Å². The Morgan fingerprint density at radius 3 is 2.35 bits per heavy atom. The van der Waals surface area contributed by atoms with E-state index < -0.39 is 11.7 Å². The summed E-state index contributed by atoms with van der Waals surface area (Å²) in [6.45, 7) is 1.70. The van der Waals surface area contributed by atoms with Crippen LogP contribution in [-0.2, 0) is 6.18 Å². The Hall–Kier alpha value is -2.30. The molecule has 0 bridgehead atoms. The van der Waals surface area contributed by atoms with E-state index in [1.54, 1.807) is 19.1 Å². The molecule has 0 spiro atoms. The summed E-state index contributed by atoms with van der Waals surface area (Å²) in [6.07, 6.45) is -4.14. The molecule has 0 aliphatic rings. The first kappa shape index (κ1) is 14.1. The minimum absolute atomic E-state index is 0.0304. The molecule has 0 saturated heterocycles. The molecule has 0 aromatic heterocycles. The molecule has 2 N–H and O–H groups in total. The predicted octanol–water partition coefficient (Wildman–Crippen LogP) is 4.08. The third-order valence-corrected chi connectivity index (χ3v) is 3.12. The highest BCUT2D eigenvalue weighted by Gasteiger charge is 2.35. The molecular formula is C15H12F3NO. The van der Waals surface area contributed by atoms with Crippen molar-refractivity contribution >= 4 is 12.0 Å². The molecule has 5 heteroatoms. The van der Waals surface area contributed by atoms with E-state index in [0.29, 0.717) is 11.8 Å². The molecule has 0 unspecified atom stereocenters. The Morgan fingerprint density at radius 1 is 1.10 bits per heavy atom. The quantitative estimate of drug-likeness (QED) is 0.665. The van der Waals surface area contributed by atoms with Crippen molar-refractivity contribution in [2.45, 2.75) is 13.1 Å². The van der Waals surface area contributed by atoms with Crippen molar-refractivity contribution in [2.24, 2.45) is 0 Å². The number of rotatable bonds is 2. The number of hydrogen-bond acceptors (Lipinski definition) is 2. The number of carbonyl (C=O) groups is 1.